The van der Waals surface area contributed by atoms with Crippen LogP contribution in [0.1, 0.15) is 5.56 Å². The molecule has 0 spiro atoms. The molecular formula is C17H14ClNO3S2. The van der Waals surface area contributed by atoms with Crippen LogP contribution in [0, 0.1) is 0 Å². The van der Waals surface area contributed by atoms with Gasteiger partial charge in [-0.2, -0.15) is 0 Å². The lowest BCUT2D eigenvalue weighted by atomic mass is 10.2. The number of carbonyl (C=O) groups excluding carboxylic acids is 1. The van der Waals surface area contributed by atoms with Gasteiger partial charge in [0.05, 0.1) is 33.2 Å². The monoisotopic (exact) mass is 379 g/mol. The van der Waals surface area contributed by atoms with Crippen LogP contribution in [0.5, 0.6) is 0 Å². The van der Waals surface area contributed by atoms with Gasteiger partial charge in [0.2, 0.25) is 0 Å². The molecule has 7 heteroatoms. The summed E-state index contributed by atoms with van der Waals surface area (Å²) in [5, 5.41) is 0.597. The molecule has 0 bridgehead atoms. The number of ether oxygens (including phenoxy) is 1. The van der Waals surface area contributed by atoms with Gasteiger partial charge in [0.25, 0.3) is 0 Å². The first-order chi connectivity index (χ1) is 11.6. The molecule has 2 aromatic carbocycles. The van der Waals surface area contributed by atoms with E-state index in [1.807, 2.05) is 36.4 Å². The number of halogens is 1. The van der Waals surface area contributed by atoms with Crippen molar-refractivity contribution >= 4 is 49.9 Å². The summed E-state index contributed by atoms with van der Waals surface area (Å²) in [6.45, 7) is 0.106. The van der Waals surface area contributed by atoms with Crippen molar-refractivity contribution < 1.29 is 13.7 Å². The Kier molecular flexibility index (Phi) is 5.60. The number of nitrogens with zero attached hydrogens (tertiary/aromatic N) is 1. The van der Waals surface area contributed by atoms with Gasteiger partial charge in [0.1, 0.15) is 6.61 Å². The van der Waals surface area contributed by atoms with Gasteiger partial charge >= 0.3 is 5.97 Å². The minimum Gasteiger partial charge on any atom is -0.464 e. The summed E-state index contributed by atoms with van der Waals surface area (Å²) in [6.07, 6.45) is 0.215. The SMILES string of the molecule is O=C(Cc1ccccc1)OCCS(=O)c1nc2cc(Cl)ccc2s1. The first-order valence-corrected chi connectivity index (χ1v) is 9.77. The number of hydrogen-bond acceptors (Lipinski definition) is 5. The molecule has 0 aliphatic carbocycles. The van der Waals surface area contributed by atoms with Crippen LogP contribution in [0.25, 0.3) is 10.2 Å². The molecule has 1 aromatic heterocycles. The Bertz CT molecular complexity index is 880. The summed E-state index contributed by atoms with van der Waals surface area (Å²) in [5.41, 5.74) is 1.63. The highest BCUT2D eigenvalue weighted by Crippen LogP contribution is 2.26. The lowest BCUT2D eigenvalue weighted by Crippen LogP contribution is -2.13. The summed E-state index contributed by atoms with van der Waals surface area (Å²) in [5.74, 6) is -0.0945. The molecule has 1 heterocycles. The van der Waals surface area contributed by atoms with Crippen molar-refractivity contribution in [2.75, 3.05) is 12.4 Å². The summed E-state index contributed by atoms with van der Waals surface area (Å²) in [7, 11) is -1.30. The highest BCUT2D eigenvalue weighted by Gasteiger charge is 2.12. The largest absolute Gasteiger partial charge is 0.464 e. The molecule has 24 heavy (non-hydrogen) atoms. The third-order valence-corrected chi connectivity index (χ3v) is 6.14. The topological polar surface area (TPSA) is 56.3 Å². The van der Waals surface area contributed by atoms with E-state index in [1.54, 1.807) is 12.1 Å². The normalized spacial score (nSPS) is 12.2. The van der Waals surface area contributed by atoms with Crippen LogP contribution < -0.4 is 0 Å². The van der Waals surface area contributed by atoms with Gasteiger partial charge in [-0.1, -0.05) is 41.9 Å². The fourth-order valence-electron chi connectivity index (χ4n) is 2.11. The van der Waals surface area contributed by atoms with Crippen LogP contribution in [0.2, 0.25) is 5.02 Å². The number of hydrogen-bond donors (Lipinski definition) is 0. The second-order valence-corrected chi connectivity index (χ2v) is 8.24. The first kappa shape index (κ1) is 17.1. The Balaban J connectivity index is 1.52. The molecule has 0 saturated heterocycles. The number of fused-ring (bicyclic) bond motifs is 1. The number of benzene rings is 2. The van der Waals surface area contributed by atoms with E-state index in [1.165, 1.54) is 11.3 Å². The standard InChI is InChI=1S/C17H14ClNO3S2/c18-13-6-7-15-14(11-13)19-17(23-15)24(21)9-8-22-16(20)10-12-4-2-1-3-5-12/h1-7,11H,8-10H2. The third-order valence-electron chi connectivity index (χ3n) is 3.25. The van der Waals surface area contributed by atoms with Crippen molar-refractivity contribution in [3.63, 3.8) is 0 Å². The molecule has 0 saturated carbocycles. The van der Waals surface area contributed by atoms with E-state index in [-0.39, 0.29) is 24.7 Å². The van der Waals surface area contributed by atoms with Crippen molar-refractivity contribution in [1.82, 2.24) is 4.98 Å². The van der Waals surface area contributed by atoms with Gasteiger partial charge in [-0.15, -0.1) is 11.3 Å². The molecule has 3 rings (SSSR count). The smallest absolute Gasteiger partial charge is 0.310 e. The Morgan fingerprint density at radius 3 is 2.79 bits per heavy atom. The van der Waals surface area contributed by atoms with Gasteiger partial charge in [0.15, 0.2) is 4.34 Å². The average Bonchev–Trinajstić information content (AvgIpc) is 2.99. The van der Waals surface area contributed by atoms with Crippen LogP contribution in [0.15, 0.2) is 52.9 Å². The lowest BCUT2D eigenvalue weighted by Gasteiger charge is -2.04. The lowest BCUT2D eigenvalue weighted by molar-refractivity contribution is -0.142. The molecule has 4 nitrogen and oxygen atoms in total. The highest BCUT2D eigenvalue weighted by atomic mass is 35.5. The molecule has 0 fully saturated rings. The zero-order chi connectivity index (χ0) is 16.9. The van der Waals surface area contributed by atoms with Crippen LogP contribution in [-0.4, -0.2) is 27.5 Å². The van der Waals surface area contributed by atoms with Crippen LogP contribution in [0.4, 0.5) is 0 Å². The van der Waals surface area contributed by atoms with Crippen LogP contribution in [-0.2, 0) is 26.8 Å². The molecule has 124 valence electrons. The molecule has 0 aliphatic rings. The Morgan fingerprint density at radius 2 is 2.00 bits per heavy atom. The summed E-state index contributed by atoms with van der Waals surface area (Å²) in [4.78, 5) is 16.1. The van der Waals surface area contributed by atoms with E-state index in [0.717, 1.165) is 15.8 Å². The number of rotatable bonds is 6. The van der Waals surface area contributed by atoms with Gasteiger partial charge in [-0.3, -0.25) is 9.00 Å². The Labute approximate surface area is 150 Å². The minimum absolute atomic E-state index is 0.106. The molecule has 1 unspecified atom stereocenters. The van der Waals surface area contributed by atoms with E-state index in [4.69, 9.17) is 16.3 Å². The molecule has 0 radical (unpaired) electrons. The molecule has 0 N–H and O–H groups in total. The maximum Gasteiger partial charge on any atom is 0.310 e. The molecule has 1 atom stereocenters. The number of esters is 1. The molecule has 3 aromatic rings. The molecule has 0 amide bonds. The number of thiazole rings is 1. The van der Waals surface area contributed by atoms with Crippen molar-refractivity contribution in [2.24, 2.45) is 0 Å². The van der Waals surface area contributed by atoms with Gasteiger partial charge < -0.3 is 4.74 Å². The summed E-state index contributed by atoms with van der Waals surface area (Å²) >= 11 is 7.29. The second kappa shape index (κ2) is 7.88. The van der Waals surface area contributed by atoms with E-state index in [9.17, 15) is 9.00 Å². The predicted molar refractivity (Wildman–Crippen MR) is 97.0 cm³/mol. The minimum atomic E-state index is -1.30. The van der Waals surface area contributed by atoms with Crippen molar-refractivity contribution in [1.29, 1.82) is 0 Å². The van der Waals surface area contributed by atoms with E-state index in [0.29, 0.717) is 9.36 Å². The fourth-order valence-corrected chi connectivity index (χ4v) is 4.45. The van der Waals surface area contributed by atoms with Gasteiger partial charge in [-0.05, 0) is 23.8 Å². The summed E-state index contributed by atoms with van der Waals surface area (Å²) < 4.78 is 18.9. The quantitative estimate of drug-likeness (QED) is 0.610. The number of carbonyl (C=O) groups is 1. The predicted octanol–water partition coefficient (Wildman–Crippen LogP) is 3.84. The number of aromatic nitrogens is 1. The zero-order valence-electron chi connectivity index (χ0n) is 12.6. The molecular weight excluding hydrogens is 366 g/mol. The van der Waals surface area contributed by atoms with Gasteiger partial charge in [0, 0.05) is 5.02 Å². The van der Waals surface area contributed by atoms with E-state index >= 15 is 0 Å². The molecule has 0 aliphatic heterocycles. The first-order valence-electron chi connectivity index (χ1n) is 7.26. The van der Waals surface area contributed by atoms with Crippen molar-refractivity contribution in [3.8, 4) is 0 Å². The van der Waals surface area contributed by atoms with Crippen molar-refractivity contribution in [3.05, 3.63) is 59.1 Å². The van der Waals surface area contributed by atoms with E-state index < -0.39 is 10.8 Å². The second-order valence-electron chi connectivity index (χ2n) is 5.02. The maximum absolute atomic E-state index is 12.3. The zero-order valence-corrected chi connectivity index (χ0v) is 15.0. The summed E-state index contributed by atoms with van der Waals surface area (Å²) in [6, 6.07) is 14.7. The van der Waals surface area contributed by atoms with Crippen molar-refractivity contribution in [2.45, 2.75) is 10.8 Å². The maximum atomic E-state index is 12.3. The van der Waals surface area contributed by atoms with Gasteiger partial charge in [-0.25, -0.2) is 4.98 Å². The Hall–Kier alpha value is -1.76. The third kappa shape index (κ3) is 4.41. The van der Waals surface area contributed by atoms with Crippen LogP contribution in [0.3, 0.4) is 0 Å². The highest BCUT2D eigenvalue weighted by molar-refractivity contribution is 7.87. The van der Waals surface area contributed by atoms with Crippen LogP contribution >= 0.6 is 22.9 Å². The average molecular weight is 380 g/mol. The fraction of sp³-hybridized carbons (Fsp3) is 0.176. The van der Waals surface area contributed by atoms with E-state index in [2.05, 4.69) is 4.98 Å². The Morgan fingerprint density at radius 1 is 1.21 bits per heavy atom.